The molecule has 1 N–H and O–H groups in total. The van der Waals surface area contributed by atoms with Crippen molar-refractivity contribution in [2.45, 2.75) is 39.7 Å². The molecule has 2 rings (SSSR count). The third-order valence-electron chi connectivity index (χ3n) is 4.02. The summed E-state index contributed by atoms with van der Waals surface area (Å²) in [5.74, 6) is 0. The minimum Gasteiger partial charge on any atom is -0.310 e. The first-order valence-electron chi connectivity index (χ1n) is 7.65. The van der Waals surface area contributed by atoms with Crippen molar-refractivity contribution in [2.24, 2.45) is 0 Å². The average molecular weight is 302 g/mol. The van der Waals surface area contributed by atoms with Crippen molar-refractivity contribution in [1.29, 1.82) is 0 Å². The highest BCUT2D eigenvalue weighted by Gasteiger charge is 2.14. The van der Waals surface area contributed by atoms with Crippen LogP contribution in [0.15, 0.2) is 42.5 Å². The lowest BCUT2D eigenvalue weighted by Crippen LogP contribution is -2.25. The first-order chi connectivity index (χ1) is 10.1. The first kappa shape index (κ1) is 16.1. The third-order valence-corrected chi connectivity index (χ3v) is 4.27. The Bertz CT molecular complexity index is 575. The number of halogens is 1. The molecule has 2 heteroatoms. The van der Waals surface area contributed by atoms with Crippen molar-refractivity contribution < 1.29 is 0 Å². The molecule has 0 radical (unpaired) electrons. The molecular weight excluding hydrogens is 278 g/mol. The summed E-state index contributed by atoms with van der Waals surface area (Å²) in [6, 6.07) is 15.1. The van der Waals surface area contributed by atoms with Gasteiger partial charge in [-0.1, -0.05) is 48.9 Å². The van der Waals surface area contributed by atoms with E-state index in [1.54, 1.807) is 0 Å². The molecule has 0 bridgehead atoms. The number of nitrogens with one attached hydrogen (secondary N) is 1. The molecule has 1 atom stereocenters. The lowest BCUT2D eigenvalue weighted by Gasteiger charge is -2.22. The van der Waals surface area contributed by atoms with Gasteiger partial charge in [0.15, 0.2) is 0 Å². The Morgan fingerprint density at radius 2 is 1.76 bits per heavy atom. The molecule has 0 aliphatic rings. The van der Waals surface area contributed by atoms with E-state index in [1.165, 1.54) is 22.3 Å². The Hall–Kier alpha value is -1.31. The summed E-state index contributed by atoms with van der Waals surface area (Å²) in [5.41, 5.74) is 5.46. The van der Waals surface area contributed by atoms with Crippen molar-refractivity contribution in [3.63, 3.8) is 0 Å². The number of rotatable bonds is 6. The normalized spacial score (nSPS) is 12.4. The molecule has 0 aliphatic heterocycles. The molecule has 1 nitrogen and oxygen atoms in total. The van der Waals surface area contributed by atoms with E-state index in [2.05, 4.69) is 56.4 Å². The first-order valence-corrected chi connectivity index (χ1v) is 8.03. The highest BCUT2D eigenvalue weighted by molar-refractivity contribution is 6.30. The molecule has 1 unspecified atom stereocenters. The fourth-order valence-corrected chi connectivity index (χ4v) is 2.74. The summed E-state index contributed by atoms with van der Waals surface area (Å²) in [6.07, 6.45) is 2.13. The maximum Gasteiger partial charge on any atom is 0.0406 e. The summed E-state index contributed by atoms with van der Waals surface area (Å²) in [7, 11) is 0. The van der Waals surface area contributed by atoms with Gasteiger partial charge < -0.3 is 5.32 Å². The van der Waals surface area contributed by atoms with Crippen LogP contribution in [0.5, 0.6) is 0 Å². The van der Waals surface area contributed by atoms with Gasteiger partial charge in [0.25, 0.3) is 0 Å². The van der Waals surface area contributed by atoms with Crippen LogP contribution >= 0.6 is 11.6 Å². The quantitative estimate of drug-likeness (QED) is 0.769. The molecule has 112 valence electrons. The van der Waals surface area contributed by atoms with Gasteiger partial charge in [-0.2, -0.15) is 0 Å². The molecule has 0 heterocycles. The highest BCUT2D eigenvalue weighted by atomic mass is 35.5. The van der Waals surface area contributed by atoms with Crippen LogP contribution in [0.2, 0.25) is 5.02 Å². The molecule has 0 aromatic heterocycles. The Balaban J connectivity index is 2.25. The van der Waals surface area contributed by atoms with Gasteiger partial charge in [-0.25, -0.2) is 0 Å². The molecule has 0 aliphatic carbocycles. The smallest absolute Gasteiger partial charge is 0.0406 e. The molecule has 2 aromatic carbocycles. The fourth-order valence-electron chi connectivity index (χ4n) is 2.62. The SMILES string of the molecule is CCCNC(Cc1ccc(Cl)cc1)c1cccc(C)c1C. The van der Waals surface area contributed by atoms with E-state index in [0.29, 0.717) is 6.04 Å². The van der Waals surface area contributed by atoms with Crippen molar-refractivity contribution in [1.82, 2.24) is 5.32 Å². The summed E-state index contributed by atoms with van der Waals surface area (Å²) < 4.78 is 0. The van der Waals surface area contributed by atoms with Crippen molar-refractivity contribution >= 4 is 11.6 Å². The van der Waals surface area contributed by atoms with Gasteiger partial charge in [0.05, 0.1) is 0 Å². The Labute approximate surface area is 133 Å². The van der Waals surface area contributed by atoms with Gasteiger partial charge in [-0.05, 0) is 67.6 Å². The predicted molar refractivity (Wildman–Crippen MR) is 92.1 cm³/mol. The van der Waals surface area contributed by atoms with Gasteiger partial charge in [0.2, 0.25) is 0 Å². The zero-order valence-electron chi connectivity index (χ0n) is 13.1. The molecule has 0 amide bonds. The van der Waals surface area contributed by atoms with E-state index >= 15 is 0 Å². The second-order valence-electron chi connectivity index (χ2n) is 5.63. The summed E-state index contributed by atoms with van der Waals surface area (Å²) in [5, 5.41) is 4.48. The molecule has 2 aromatic rings. The maximum atomic E-state index is 5.98. The van der Waals surface area contributed by atoms with Crippen LogP contribution in [0, 0.1) is 13.8 Å². The fraction of sp³-hybridized carbons (Fsp3) is 0.368. The number of aryl methyl sites for hydroxylation is 1. The van der Waals surface area contributed by atoms with Crippen LogP contribution < -0.4 is 5.32 Å². The molecule has 21 heavy (non-hydrogen) atoms. The lowest BCUT2D eigenvalue weighted by molar-refractivity contribution is 0.527. The van der Waals surface area contributed by atoms with E-state index in [9.17, 15) is 0 Å². The summed E-state index contributed by atoms with van der Waals surface area (Å²) in [6.45, 7) is 7.63. The maximum absolute atomic E-state index is 5.98. The second-order valence-corrected chi connectivity index (χ2v) is 6.06. The third kappa shape index (κ3) is 4.33. The van der Waals surface area contributed by atoms with Crippen molar-refractivity contribution in [3.05, 3.63) is 69.7 Å². The molecule has 0 saturated heterocycles. The average Bonchev–Trinajstić information content (AvgIpc) is 2.48. The number of benzene rings is 2. The monoisotopic (exact) mass is 301 g/mol. The Kier molecular flexibility index (Phi) is 5.84. The van der Waals surface area contributed by atoms with Crippen LogP contribution in [0.4, 0.5) is 0 Å². The molecule has 0 spiro atoms. The largest absolute Gasteiger partial charge is 0.310 e. The van der Waals surface area contributed by atoms with Crippen molar-refractivity contribution in [2.75, 3.05) is 6.54 Å². The number of hydrogen-bond donors (Lipinski definition) is 1. The Morgan fingerprint density at radius 3 is 2.43 bits per heavy atom. The zero-order chi connectivity index (χ0) is 15.2. The van der Waals surface area contributed by atoms with E-state index in [4.69, 9.17) is 11.6 Å². The van der Waals surface area contributed by atoms with Gasteiger partial charge in [-0.15, -0.1) is 0 Å². The second kappa shape index (κ2) is 7.63. The molecule has 0 saturated carbocycles. The van der Waals surface area contributed by atoms with E-state index in [-0.39, 0.29) is 0 Å². The molecule has 0 fully saturated rings. The molecular formula is C19H24ClN. The van der Waals surface area contributed by atoms with E-state index < -0.39 is 0 Å². The highest BCUT2D eigenvalue weighted by Crippen LogP contribution is 2.24. The lowest BCUT2D eigenvalue weighted by atomic mass is 9.93. The summed E-state index contributed by atoms with van der Waals surface area (Å²) >= 11 is 5.98. The standard InChI is InChI=1S/C19H24ClN/c1-4-12-21-19(13-16-8-10-17(20)11-9-16)18-7-5-6-14(2)15(18)3/h5-11,19,21H,4,12-13H2,1-3H3. The predicted octanol–water partition coefficient (Wildman–Crippen LogP) is 5.24. The van der Waals surface area contributed by atoms with Crippen LogP contribution in [0.25, 0.3) is 0 Å². The van der Waals surface area contributed by atoms with E-state index in [1.807, 2.05) is 12.1 Å². The van der Waals surface area contributed by atoms with Gasteiger partial charge >= 0.3 is 0 Å². The topological polar surface area (TPSA) is 12.0 Å². The van der Waals surface area contributed by atoms with Gasteiger partial charge in [0, 0.05) is 11.1 Å². The van der Waals surface area contributed by atoms with Crippen LogP contribution in [0.1, 0.15) is 41.6 Å². The summed E-state index contributed by atoms with van der Waals surface area (Å²) in [4.78, 5) is 0. The minimum absolute atomic E-state index is 0.353. The minimum atomic E-state index is 0.353. The van der Waals surface area contributed by atoms with Crippen LogP contribution in [-0.4, -0.2) is 6.54 Å². The van der Waals surface area contributed by atoms with Crippen LogP contribution in [0.3, 0.4) is 0 Å². The van der Waals surface area contributed by atoms with Crippen molar-refractivity contribution in [3.8, 4) is 0 Å². The van der Waals surface area contributed by atoms with Crippen LogP contribution in [-0.2, 0) is 6.42 Å². The zero-order valence-corrected chi connectivity index (χ0v) is 13.9. The van der Waals surface area contributed by atoms with E-state index in [0.717, 1.165) is 24.4 Å². The van der Waals surface area contributed by atoms with Gasteiger partial charge in [0.1, 0.15) is 0 Å². The van der Waals surface area contributed by atoms with Gasteiger partial charge in [-0.3, -0.25) is 0 Å². The number of hydrogen-bond acceptors (Lipinski definition) is 1. The Morgan fingerprint density at radius 1 is 1.05 bits per heavy atom.